The maximum absolute atomic E-state index is 12.0. The first-order valence-corrected chi connectivity index (χ1v) is 6.30. The van der Waals surface area contributed by atoms with Gasteiger partial charge in [-0.05, 0) is 32.2 Å². The van der Waals surface area contributed by atoms with Crippen LogP contribution in [0.3, 0.4) is 0 Å². The maximum Gasteiger partial charge on any atom is 0.222 e. The van der Waals surface area contributed by atoms with Gasteiger partial charge in [0.2, 0.25) is 5.91 Å². The largest absolute Gasteiger partial charge is 0.367 e. The monoisotopic (exact) mass is 238 g/mol. The number of rotatable bonds is 6. The van der Waals surface area contributed by atoms with Gasteiger partial charge < -0.3 is 15.4 Å². The third-order valence-corrected chi connectivity index (χ3v) is 3.04. The highest BCUT2D eigenvalue weighted by Gasteiger charge is 2.26. The number of hydrogen-bond acceptors (Lipinski definition) is 3. The van der Waals surface area contributed by atoms with Gasteiger partial charge in [0.15, 0.2) is 0 Å². The number of ether oxygens (including phenoxy) is 1. The third-order valence-electron chi connectivity index (χ3n) is 3.04. The molecule has 0 spiro atoms. The van der Waals surface area contributed by atoms with Crippen LogP contribution >= 0.6 is 0 Å². The van der Waals surface area contributed by atoms with Gasteiger partial charge in [-0.2, -0.15) is 0 Å². The lowest BCUT2D eigenvalue weighted by Gasteiger charge is -2.35. The van der Waals surface area contributed by atoms with E-state index in [1.165, 1.54) is 0 Å². The van der Waals surface area contributed by atoms with Crippen molar-refractivity contribution in [1.82, 2.24) is 4.90 Å². The standard InChI is InChI=1S/C13H22N2O2/c1-2-10-17-11-12-6-3-4-9-15(12)13(16)7-5-8-14/h1,12H,3-11,14H2. The zero-order valence-corrected chi connectivity index (χ0v) is 10.4. The van der Waals surface area contributed by atoms with Crippen molar-refractivity contribution in [2.45, 2.75) is 38.1 Å². The highest BCUT2D eigenvalue weighted by Crippen LogP contribution is 2.18. The Hall–Kier alpha value is -1.05. The molecule has 0 radical (unpaired) electrons. The lowest BCUT2D eigenvalue weighted by atomic mass is 10.0. The number of nitrogens with two attached hydrogens (primary N) is 1. The topological polar surface area (TPSA) is 55.6 Å². The summed E-state index contributed by atoms with van der Waals surface area (Å²) < 4.78 is 5.35. The molecule has 0 saturated carbocycles. The molecule has 4 heteroatoms. The minimum Gasteiger partial charge on any atom is -0.367 e. The molecule has 17 heavy (non-hydrogen) atoms. The molecule has 0 aromatic heterocycles. The Morgan fingerprint density at radius 2 is 2.35 bits per heavy atom. The van der Waals surface area contributed by atoms with Crippen LogP contribution in [-0.2, 0) is 9.53 Å². The highest BCUT2D eigenvalue weighted by atomic mass is 16.5. The van der Waals surface area contributed by atoms with Crippen LogP contribution in [-0.4, -0.2) is 43.2 Å². The third kappa shape index (κ3) is 4.76. The fourth-order valence-corrected chi connectivity index (χ4v) is 2.15. The first kappa shape index (κ1) is 14.0. The summed E-state index contributed by atoms with van der Waals surface area (Å²) in [5.74, 6) is 2.64. The summed E-state index contributed by atoms with van der Waals surface area (Å²) in [4.78, 5) is 13.9. The summed E-state index contributed by atoms with van der Waals surface area (Å²) in [5, 5.41) is 0. The molecule has 1 aliphatic rings. The number of carbonyl (C=O) groups is 1. The van der Waals surface area contributed by atoms with Crippen molar-refractivity contribution in [1.29, 1.82) is 0 Å². The summed E-state index contributed by atoms with van der Waals surface area (Å²) in [6.45, 7) is 2.28. The second kappa shape index (κ2) is 8.10. The van der Waals surface area contributed by atoms with Crippen molar-refractivity contribution in [3.63, 3.8) is 0 Å². The highest BCUT2D eigenvalue weighted by molar-refractivity contribution is 5.76. The molecule has 1 unspecified atom stereocenters. The number of hydrogen-bond donors (Lipinski definition) is 1. The Kier molecular flexibility index (Phi) is 6.68. The van der Waals surface area contributed by atoms with Crippen LogP contribution in [0.1, 0.15) is 32.1 Å². The molecule has 1 rings (SSSR count). The van der Waals surface area contributed by atoms with Crippen molar-refractivity contribution in [3.05, 3.63) is 0 Å². The van der Waals surface area contributed by atoms with Gasteiger partial charge in [-0.25, -0.2) is 0 Å². The van der Waals surface area contributed by atoms with Gasteiger partial charge in [0.05, 0.1) is 12.6 Å². The smallest absolute Gasteiger partial charge is 0.222 e. The summed E-state index contributed by atoms with van der Waals surface area (Å²) in [6, 6.07) is 0.197. The normalized spacial score (nSPS) is 20.0. The lowest BCUT2D eigenvalue weighted by Crippen LogP contribution is -2.46. The second-order valence-electron chi connectivity index (χ2n) is 4.35. The molecule has 1 heterocycles. The van der Waals surface area contributed by atoms with E-state index in [2.05, 4.69) is 5.92 Å². The molecule has 1 aliphatic heterocycles. The quantitative estimate of drug-likeness (QED) is 0.549. The molecular weight excluding hydrogens is 216 g/mol. The van der Waals surface area contributed by atoms with Crippen molar-refractivity contribution in [2.24, 2.45) is 5.73 Å². The Bertz CT molecular complexity index is 273. The number of amides is 1. The van der Waals surface area contributed by atoms with Crippen LogP contribution in [0.25, 0.3) is 0 Å². The van der Waals surface area contributed by atoms with E-state index >= 15 is 0 Å². The second-order valence-corrected chi connectivity index (χ2v) is 4.35. The van der Waals surface area contributed by atoms with E-state index in [0.717, 1.165) is 32.2 Å². The molecular formula is C13H22N2O2. The molecule has 2 N–H and O–H groups in total. The van der Waals surface area contributed by atoms with Gasteiger partial charge >= 0.3 is 0 Å². The van der Waals surface area contributed by atoms with Crippen LogP contribution in [0.15, 0.2) is 0 Å². The van der Waals surface area contributed by atoms with Crippen molar-refractivity contribution in [2.75, 3.05) is 26.3 Å². The van der Waals surface area contributed by atoms with Gasteiger partial charge in [-0.15, -0.1) is 6.42 Å². The Labute approximate surface area is 103 Å². The van der Waals surface area contributed by atoms with E-state index in [0.29, 0.717) is 26.2 Å². The molecule has 0 bridgehead atoms. The lowest BCUT2D eigenvalue weighted by molar-refractivity contribution is -0.136. The van der Waals surface area contributed by atoms with E-state index < -0.39 is 0 Å². The van der Waals surface area contributed by atoms with Gasteiger partial charge in [0, 0.05) is 13.0 Å². The van der Waals surface area contributed by atoms with Crippen LogP contribution in [0.2, 0.25) is 0 Å². The Morgan fingerprint density at radius 3 is 3.06 bits per heavy atom. The molecule has 0 aromatic rings. The number of nitrogens with zero attached hydrogens (tertiary/aromatic N) is 1. The summed E-state index contributed by atoms with van der Waals surface area (Å²) in [7, 11) is 0. The number of likely N-dealkylation sites (tertiary alicyclic amines) is 1. The zero-order valence-electron chi connectivity index (χ0n) is 10.4. The molecule has 96 valence electrons. The van der Waals surface area contributed by atoms with Gasteiger partial charge in [0.1, 0.15) is 6.61 Å². The predicted molar refractivity (Wildman–Crippen MR) is 67.3 cm³/mol. The SMILES string of the molecule is C#CCOCC1CCCCN1C(=O)CCCN. The minimum atomic E-state index is 0.197. The van der Waals surface area contributed by atoms with E-state index in [1.54, 1.807) is 0 Å². The van der Waals surface area contributed by atoms with Gasteiger partial charge in [-0.3, -0.25) is 4.79 Å². The van der Waals surface area contributed by atoms with Gasteiger partial charge in [0.25, 0.3) is 0 Å². The number of piperidine rings is 1. The van der Waals surface area contributed by atoms with E-state index in [-0.39, 0.29) is 11.9 Å². The zero-order chi connectivity index (χ0) is 12.5. The first-order chi connectivity index (χ1) is 8.29. The van der Waals surface area contributed by atoms with Crippen molar-refractivity contribution < 1.29 is 9.53 Å². The average molecular weight is 238 g/mol. The number of terminal acetylenes is 1. The predicted octanol–water partition coefficient (Wildman–Crippen LogP) is 0.756. The fraction of sp³-hybridized carbons (Fsp3) is 0.769. The molecule has 1 saturated heterocycles. The molecule has 1 amide bonds. The van der Waals surface area contributed by atoms with E-state index in [4.69, 9.17) is 16.9 Å². The average Bonchev–Trinajstić information content (AvgIpc) is 2.37. The summed E-state index contributed by atoms with van der Waals surface area (Å²) >= 11 is 0. The molecule has 4 nitrogen and oxygen atoms in total. The number of carbonyl (C=O) groups excluding carboxylic acids is 1. The van der Waals surface area contributed by atoms with Crippen molar-refractivity contribution >= 4 is 5.91 Å². The molecule has 0 aromatic carbocycles. The fourth-order valence-electron chi connectivity index (χ4n) is 2.15. The van der Waals surface area contributed by atoms with Crippen LogP contribution in [0.5, 0.6) is 0 Å². The van der Waals surface area contributed by atoms with Crippen LogP contribution in [0, 0.1) is 12.3 Å². The van der Waals surface area contributed by atoms with E-state index in [1.807, 2.05) is 4.90 Å². The van der Waals surface area contributed by atoms with Crippen LogP contribution in [0.4, 0.5) is 0 Å². The van der Waals surface area contributed by atoms with Crippen LogP contribution < -0.4 is 5.73 Å². The first-order valence-electron chi connectivity index (χ1n) is 6.30. The molecule has 1 atom stereocenters. The minimum absolute atomic E-state index is 0.197. The van der Waals surface area contributed by atoms with Crippen molar-refractivity contribution in [3.8, 4) is 12.3 Å². The summed E-state index contributed by atoms with van der Waals surface area (Å²) in [5.41, 5.74) is 5.42. The maximum atomic E-state index is 12.0. The Balaban J connectivity index is 2.41. The van der Waals surface area contributed by atoms with Gasteiger partial charge in [-0.1, -0.05) is 5.92 Å². The molecule has 1 fully saturated rings. The Morgan fingerprint density at radius 1 is 1.53 bits per heavy atom. The van der Waals surface area contributed by atoms with E-state index in [9.17, 15) is 4.79 Å². The molecule has 0 aliphatic carbocycles. The summed E-state index contributed by atoms with van der Waals surface area (Å²) in [6.07, 6.45) is 9.69.